The molecule has 0 bridgehead atoms. The van der Waals surface area contributed by atoms with Crippen molar-refractivity contribution in [3.05, 3.63) is 47.7 Å². The van der Waals surface area contributed by atoms with E-state index < -0.39 is 5.91 Å². The number of hydrogen-bond acceptors (Lipinski definition) is 6. The van der Waals surface area contributed by atoms with Crippen molar-refractivity contribution in [3.63, 3.8) is 0 Å². The van der Waals surface area contributed by atoms with Gasteiger partial charge in [0.1, 0.15) is 22.9 Å². The lowest BCUT2D eigenvalue weighted by Crippen LogP contribution is -2.30. The van der Waals surface area contributed by atoms with Gasteiger partial charge in [-0.3, -0.25) is 9.59 Å². The Morgan fingerprint density at radius 2 is 2.03 bits per heavy atom. The predicted molar refractivity (Wildman–Crippen MR) is 107 cm³/mol. The van der Waals surface area contributed by atoms with Crippen LogP contribution >= 0.6 is 0 Å². The van der Waals surface area contributed by atoms with Crippen molar-refractivity contribution in [1.29, 1.82) is 0 Å². The number of anilines is 1. The van der Waals surface area contributed by atoms with E-state index in [1.54, 1.807) is 37.1 Å². The molecule has 150 valence electrons. The van der Waals surface area contributed by atoms with Gasteiger partial charge in [0, 0.05) is 24.7 Å². The van der Waals surface area contributed by atoms with Gasteiger partial charge in [0.25, 0.3) is 5.91 Å². The van der Waals surface area contributed by atoms with Crippen molar-refractivity contribution in [2.24, 2.45) is 5.73 Å². The Kier molecular flexibility index (Phi) is 5.74. The monoisotopic (exact) mass is 395 g/mol. The van der Waals surface area contributed by atoms with E-state index in [-0.39, 0.29) is 23.2 Å². The van der Waals surface area contributed by atoms with Crippen LogP contribution in [0.5, 0.6) is 11.5 Å². The molecule has 29 heavy (non-hydrogen) atoms. The van der Waals surface area contributed by atoms with Crippen LogP contribution in [0.1, 0.15) is 27.7 Å². The van der Waals surface area contributed by atoms with Crippen LogP contribution in [0.3, 0.4) is 0 Å². The zero-order chi connectivity index (χ0) is 21.0. The lowest BCUT2D eigenvalue weighted by Gasteiger charge is -2.10. The molecule has 1 aliphatic rings. The molecule has 9 heteroatoms. The van der Waals surface area contributed by atoms with Gasteiger partial charge in [0.05, 0.1) is 20.3 Å². The van der Waals surface area contributed by atoms with Crippen molar-refractivity contribution in [3.8, 4) is 23.3 Å². The zero-order valence-corrected chi connectivity index (χ0v) is 16.1. The second-order valence-electron chi connectivity index (χ2n) is 6.22. The molecule has 2 amide bonds. The van der Waals surface area contributed by atoms with E-state index in [1.165, 1.54) is 6.08 Å². The normalized spacial score (nSPS) is 14.1. The number of hydrogen-bond donors (Lipinski definition) is 3. The number of carbonyl (C=O) groups is 2. The summed E-state index contributed by atoms with van der Waals surface area (Å²) in [6, 6.07) is 5.04. The number of carbonyl (C=O) groups excluding carboxylic acids is 2. The molecule has 2 heterocycles. The van der Waals surface area contributed by atoms with Crippen LogP contribution < -0.4 is 25.8 Å². The van der Waals surface area contributed by atoms with Crippen LogP contribution in [-0.2, 0) is 4.79 Å². The summed E-state index contributed by atoms with van der Waals surface area (Å²) in [7, 11) is 3.10. The molecule has 0 unspecified atom stereocenters. The highest BCUT2D eigenvalue weighted by Crippen LogP contribution is 2.28. The first-order valence-electron chi connectivity index (χ1n) is 8.78. The standard InChI is InChI=1S/C20H21N5O4/c1-4-17(26)22-10-13-11-23-20-18(19(21)27)16(24-25(13)20)6-5-12-7-14(28-2)9-15(8-12)29-3/h4,7-9,13,23H,1,10-11H2,2-3H3,(H2,21,27)(H,22,26)/t13-/m0/s1. The minimum absolute atomic E-state index is 0.181. The third-order valence-electron chi connectivity index (χ3n) is 4.38. The van der Waals surface area contributed by atoms with Crippen LogP contribution in [0.2, 0.25) is 0 Å². The first-order valence-corrected chi connectivity index (χ1v) is 8.78. The molecule has 2 aromatic rings. The van der Waals surface area contributed by atoms with Crippen molar-refractivity contribution in [2.45, 2.75) is 6.04 Å². The van der Waals surface area contributed by atoms with E-state index in [9.17, 15) is 9.59 Å². The van der Waals surface area contributed by atoms with Gasteiger partial charge in [-0.25, -0.2) is 4.68 Å². The van der Waals surface area contributed by atoms with E-state index in [0.29, 0.717) is 36.0 Å². The fraction of sp³-hybridized carbons (Fsp3) is 0.250. The Morgan fingerprint density at radius 3 is 2.62 bits per heavy atom. The van der Waals surface area contributed by atoms with Gasteiger partial charge in [0.15, 0.2) is 5.69 Å². The number of amides is 2. The van der Waals surface area contributed by atoms with Gasteiger partial charge < -0.3 is 25.8 Å². The molecule has 0 spiro atoms. The Morgan fingerprint density at radius 1 is 1.34 bits per heavy atom. The van der Waals surface area contributed by atoms with Crippen LogP contribution in [0.25, 0.3) is 0 Å². The molecule has 3 rings (SSSR count). The average Bonchev–Trinajstić information content (AvgIpc) is 3.28. The minimum Gasteiger partial charge on any atom is -0.497 e. The summed E-state index contributed by atoms with van der Waals surface area (Å²) in [4.78, 5) is 23.4. The molecular formula is C20H21N5O4. The van der Waals surface area contributed by atoms with E-state index in [0.717, 1.165) is 0 Å². The average molecular weight is 395 g/mol. The summed E-state index contributed by atoms with van der Waals surface area (Å²) in [6.07, 6.45) is 1.19. The van der Waals surface area contributed by atoms with E-state index in [4.69, 9.17) is 15.2 Å². The quantitative estimate of drug-likeness (QED) is 0.488. The molecule has 9 nitrogen and oxygen atoms in total. The lowest BCUT2D eigenvalue weighted by atomic mass is 10.1. The number of methoxy groups -OCH3 is 2. The van der Waals surface area contributed by atoms with Crippen molar-refractivity contribution < 1.29 is 19.1 Å². The SMILES string of the molecule is C=CC(=O)NC[C@H]1CNc2c(C(N)=O)c(C#Cc3cc(OC)cc(OC)c3)nn21. The molecule has 0 saturated carbocycles. The van der Waals surface area contributed by atoms with Gasteiger partial charge in [0.2, 0.25) is 5.91 Å². The van der Waals surface area contributed by atoms with Crippen molar-refractivity contribution >= 4 is 17.6 Å². The maximum Gasteiger partial charge on any atom is 0.255 e. The molecule has 4 N–H and O–H groups in total. The summed E-state index contributed by atoms with van der Waals surface area (Å²) < 4.78 is 12.1. The zero-order valence-electron chi connectivity index (χ0n) is 16.1. The topological polar surface area (TPSA) is 120 Å². The van der Waals surface area contributed by atoms with Gasteiger partial charge in [-0.15, -0.1) is 0 Å². The molecule has 1 aromatic heterocycles. The number of fused-ring (bicyclic) bond motifs is 1. The third kappa shape index (κ3) is 4.16. The lowest BCUT2D eigenvalue weighted by molar-refractivity contribution is -0.116. The summed E-state index contributed by atoms with van der Waals surface area (Å²) in [5.41, 5.74) is 6.65. The molecule has 0 saturated heterocycles. The second kappa shape index (κ2) is 8.39. The molecule has 0 fully saturated rings. The molecule has 0 aliphatic carbocycles. The summed E-state index contributed by atoms with van der Waals surface area (Å²) >= 11 is 0. The van der Waals surface area contributed by atoms with Crippen molar-refractivity contribution in [2.75, 3.05) is 32.6 Å². The number of nitrogens with zero attached hydrogens (tertiary/aromatic N) is 2. The first-order chi connectivity index (χ1) is 14.0. The van der Waals surface area contributed by atoms with Crippen LogP contribution in [0, 0.1) is 11.8 Å². The molecular weight excluding hydrogens is 374 g/mol. The van der Waals surface area contributed by atoms with Crippen molar-refractivity contribution in [1.82, 2.24) is 15.1 Å². The number of ether oxygens (including phenoxy) is 2. The van der Waals surface area contributed by atoms with Gasteiger partial charge in [-0.2, -0.15) is 5.10 Å². The number of nitrogens with one attached hydrogen (secondary N) is 2. The number of nitrogens with two attached hydrogens (primary N) is 1. The predicted octanol–water partition coefficient (Wildman–Crippen LogP) is 0.668. The number of aromatic nitrogens is 2. The fourth-order valence-corrected chi connectivity index (χ4v) is 2.95. The Hall–Kier alpha value is -3.93. The van der Waals surface area contributed by atoms with E-state index in [2.05, 4.69) is 34.2 Å². The number of rotatable bonds is 6. The first kappa shape index (κ1) is 19.8. The highest BCUT2D eigenvalue weighted by Gasteiger charge is 2.30. The van der Waals surface area contributed by atoms with Gasteiger partial charge in [-0.1, -0.05) is 12.5 Å². The second-order valence-corrected chi connectivity index (χ2v) is 6.22. The Balaban J connectivity index is 1.94. The fourth-order valence-electron chi connectivity index (χ4n) is 2.95. The smallest absolute Gasteiger partial charge is 0.255 e. The highest BCUT2D eigenvalue weighted by atomic mass is 16.5. The molecule has 1 aliphatic heterocycles. The number of benzene rings is 1. The summed E-state index contributed by atoms with van der Waals surface area (Å²) in [5.74, 6) is 6.62. The Labute approximate surface area is 167 Å². The third-order valence-corrected chi connectivity index (χ3v) is 4.38. The highest BCUT2D eigenvalue weighted by molar-refractivity contribution is 6.00. The van der Waals surface area contributed by atoms with Crippen LogP contribution in [0.4, 0.5) is 5.82 Å². The Bertz CT molecular complexity index is 1010. The van der Waals surface area contributed by atoms with E-state index in [1.807, 2.05) is 0 Å². The van der Waals surface area contributed by atoms with Crippen LogP contribution in [-0.4, -0.2) is 48.9 Å². The maximum absolute atomic E-state index is 12.0. The largest absolute Gasteiger partial charge is 0.497 e. The summed E-state index contributed by atoms with van der Waals surface area (Å²) in [5, 5.41) is 10.3. The van der Waals surface area contributed by atoms with Gasteiger partial charge >= 0.3 is 0 Å². The van der Waals surface area contributed by atoms with E-state index >= 15 is 0 Å². The van der Waals surface area contributed by atoms with Gasteiger partial charge in [-0.05, 0) is 24.1 Å². The maximum atomic E-state index is 12.0. The molecule has 1 atom stereocenters. The summed E-state index contributed by atoms with van der Waals surface area (Å²) in [6.45, 7) is 4.25. The molecule has 0 radical (unpaired) electrons. The minimum atomic E-state index is -0.637. The number of primary amides is 1. The molecule has 1 aromatic carbocycles. The van der Waals surface area contributed by atoms with Crippen LogP contribution in [0.15, 0.2) is 30.9 Å².